The number of carbonyl (C=O) groups is 2. The Labute approximate surface area is 191 Å². The van der Waals surface area contributed by atoms with Gasteiger partial charge in [-0.25, -0.2) is 4.39 Å². The van der Waals surface area contributed by atoms with Gasteiger partial charge < -0.3 is 15.0 Å². The molecular weight excluding hydrogens is 498 g/mol. The van der Waals surface area contributed by atoms with E-state index in [1.54, 1.807) is 24.3 Å². The third-order valence-corrected chi connectivity index (χ3v) is 5.05. The maximum Gasteiger partial charge on any atom is 0.261 e. The van der Waals surface area contributed by atoms with Crippen molar-refractivity contribution in [2.24, 2.45) is 0 Å². The fourth-order valence-corrected chi connectivity index (χ4v) is 3.28. The molecule has 0 heterocycles. The third-order valence-electron chi connectivity index (χ3n) is 4.33. The molecule has 30 heavy (non-hydrogen) atoms. The Hall–Kier alpha value is -2.16. The quantitative estimate of drug-likeness (QED) is 0.515. The fourth-order valence-electron chi connectivity index (χ4n) is 2.92. The van der Waals surface area contributed by atoms with Gasteiger partial charge in [-0.05, 0) is 91.7 Å². The minimum atomic E-state index is -0.665. The van der Waals surface area contributed by atoms with Crippen LogP contribution in [0.15, 0.2) is 48.5 Å². The van der Waals surface area contributed by atoms with Crippen molar-refractivity contribution < 1.29 is 18.7 Å². The molecule has 0 spiro atoms. The molecule has 7 heteroatoms. The van der Waals surface area contributed by atoms with Gasteiger partial charge in [0.1, 0.15) is 17.6 Å². The van der Waals surface area contributed by atoms with E-state index in [9.17, 15) is 14.0 Å². The van der Waals surface area contributed by atoms with E-state index in [2.05, 4.69) is 27.9 Å². The highest BCUT2D eigenvalue weighted by molar-refractivity contribution is 14.1. The number of benzene rings is 2. The van der Waals surface area contributed by atoms with Gasteiger partial charge in [0.15, 0.2) is 6.61 Å². The number of hydrogen-bond donors (Lipinski definition) is 1. The summed E-state index contributed by atoms with van der Waals surface area (Å²) in [5.74, 6) is -0.308. The van der Waals surface area contributed by atoms with E-state index in [-0.39, 0.29) is 30.8 Å². The molecule has 1 atom stereocenters. The van der Waals surface area contributed by atoms with Crippen LogP contribution in [0.25, 0.3) is 0 Å². The number of rotatable bonds is 8. The Morgan fingerprint density at radius 3 is 2.23 bits per heavy atom. The van der Waals surface area contributed by atoms with E-state index in [1.165, 1.54) is 17.0 Å². The van der Waals surface area contributed by atoms with Gasteiger partial charge in [-0.3, -0.25) is 9.59 Å². The summed E-state index contributed by atoms with van der Waals surface area (Å²) in [5, 5.41) is 2.95. The average molecular weight is 526 g/mol. The molecule has 1 N–H and O–H groups in total. The molecule has 2 amide bonds. The lowest BCUT2D eigenvalue weighted by atomic mass is 10.1. The van der Waals surface area contributed by atoms with Crippen LogP contribution in [-0.2, 0) is 16.1 Å². The second-order valence-corrected chi connectivity index (χ2v) is 9.30. The molecule has 162 valence electrons. The summed E-state index contributed by atoms with van der Waals surface area (Å²) in [7, 11) is 0. The van der Waals surface area contributed by atoms with Gasteiger partial charge in [0.25, 0.3) is 5.91 Å². The minimum absolute atomic E-state index is 0.186. The molecule has 2 aromatic rings. The molecule has 0 saturated carbocycles. The molecule has 2 aromatic carbocycles. The van der Waals surface area contributed by atoms with Crippen molar-refractivity contribution in [3.8, 4) is 5.75 Å². The average Bonchev–Trinajstić information content (AvgIpc) is 2.67. The molecule has 2 rings (SSSR count). The second-order valence-electron chi connectivity index (χ2n) is 8.05. The first-order chi connectivity index (χ1) is 14.1. The fraction of sp³-hybridized carbons (Fsp3) is 0.391. The first-order valence-electron chi connectivity index (χ1n) is 9.83. The van der Waals surface area contributed by atoms with E-state index in [1.807, 2.05) is 39.8 Å². The summed E-state index contributed by atoms with van der Waals surface area (Å²) in [5.41, 5.74) is 0.313. The van der Waals surface area contributed by atoms with Gasteiger partial charge in [0.2, 0.25) is 5.91 Å². The normalized spacial score (nSPS) is 12.2. The van der Waals surface area contributed by atoms with Crippen LogP contribution in [0.2, 0.25) is 0 Å². The Balaban J connectivity index is 2.21. The monoisotopic (exact) mass is 526 g/mol. The molecule has 5 nitrogen and oxygen atoms in total. The minimum Gasteiger partial charge on any atom is -0.484 e. The molecule has 0 aliphatic rings. The third kappa shape index (κ3) is 7.59. The van der Waals surface area contributed by atoms with Gasteiger partial charge in [-0.2, -0.15) is 0 Å². The summed E-state index contributed by atoms with van der Waals surface area (Å²) in [4.78, 5) is 27.5. The predicted octanol–water partition coefficient (Wildman–Crippen LogP) is 4.53. The van der Waals surface area contributed by atoms with Gasteiger partial charge in [0.05, 0.1) is 0 Å². The number of hydrogen-bond acceptors (Lipinski definition) is 3. The Morgan fingerprint density at radius 2 is 1.70 bits per heavy atom. The molecule has 0 aliphatic heterocycles. The SMILES string of the molecule is CCC(C(=O)NC(C)(C)C)N(Cc1ccc(F)cc1)C(=O)COc1ccc(I)cc1. The van der Waals surface area contributed by atoms with Gasteiger partial charge in [-0.15, -0.1) is 0 Å². The number of carbonyl (C=O) groups excluding carboxylic acids is 2. The van der Waals surface area contributed by atoms with Gasteiger partial charge in [-0.1, -0.05) is 19.1 Å². The van der Waals surface area contributed by atoms with Crippen LogP contribution in [0.1, 0.15) is 39.7 Å². The summed E-state index contributed by atoms with van der Waals surface area (Å²) in [6.07, 6.45) is 0.443. The molecule has 0 aliphatic carbocycles. The van der Waals surface area contributed by atoms with Crippen LogP contribution in [0.4, 0.5) is 4.39 Å². The zero-order valence-electron chi connectivity index (χ0n) is 17.7. The summed E-state index contributed by atoms with van der Waals surface area (Å²) < 4.78 is 20.0. The van der Waals surface area contributed by atoms with Crippen molar-refractivity contribution in [1.82, 2.24) is 10.2 Å². The lowest BCUT2D eigenvalue weighted by Gasteiger charge is -2.33. The van der Waals surface area contributed by atoms with Gasteiger partial charge >= 0.3 is 0 Å². The van der Waals surface area contributed by atoms with Crippen LogP contribution in [0.3, 0.4) is 0 Å². The lowest BCUT2D eigenvalue weighted by molar-refractivity contribution is -0.143. The standard InChI is InChI=1S/C23H28FIN2O3/c1-5-20(22(29)26-23(2,3)4)27(14-16-6-8-17(24)9-7-16)21(28)15-30-19-12-10-18(25)11-13-19/h6-13,20H,5,14-15H2,1-4H3,(H,26,29). The largest absolute Gasteiger partial charge is 0.484 e. The lowest BCUT2D eigenvalue weighted by Crippen LogP contribution is -2.54. The van der Waals surface area contributed by atoms with Crippen LogP contribution in [0.5, 0.6) is 5.75 Å². The molecule has 0 fully saturated rings. The predicted molar refractivity (Wildman–Crippen MR) is 124 cm³/mol. The highest BCUT2D eigenvalue weighted by Gasteiger charge is 2.30. The van der Waals surface area contributed by atoms with Gasteiger partial charge in [0, 0.05) is 15.7 Å². The van der Waals surface area contributed by atoms with Crippen molar-refractivity contribution in [2.75, 3.05) is 6.61 Å². The Kier molecular flexibility index (Phi) is 8.64. The summed E-state index contributed by atoms with van der Waals surface area (Å²) in [6, 6.07) is 12.6. The van der Waals surface area contributed by atoms with Crippen molar-refractivity contribution >= 4 is 34.4 Å². The maximum absolute atomic E-state index is 13.3. The zero-order valence-corrected chi connectivity index (χ0v) is 19.9. The molecule has 0 radical (unpaired) electrons. The molecule has 0 saturated heterocycles. The Bertz CT molecular complexity index is 848. The van der Waals surface area contributed by atoms with Crippen molar-refractivity contribution in [3.63, 3.8) is 0 Å². The van der Waals surface area contributed by atoms with Crippen molar-refractivity contribution in [1.29, 1.82) is 0 Å². The van der Waals surface area contributed by atoms with Crippen molar-refractivity contribution in [3.05, 3.63) is 63.5 Å². The first-order valence-corrected chi connectivity index (χ1v) is 10.9. The number of nitrogens with one attached hydrogen (secondary N) is 1. The number of ether oxygens (including phenoxy) is 1. The highest BCUT2D eigenvalue weighted by Crippen LogP contribution is 2.17. The van der Waals surface area contributed by atoms with E-state index in [4.69, 9.17) is 4.74 Å². The topological polar surface area (TPSA) is 58.6 Å². The number of nitrogens with zero attached hydrogens (tertiary/aromatic N) is 1. The van der Waals surface area contributed by atoms with E-state index >= 15 is 0 Å². The second kappa shape index (κ2) is 10.7. The van der Waals surface area contributed by atoms with E-state index in [0.717, 1.165) is 9.13 Å². The summed E-state index contributed by atoms with van der Waals surface area (Å²) >= 11 is 2.19. The first kappa shape index (κ1) is 24.1. The molecular formula is C23H28FIN2O3. The van der Waals surface area contributed by atoms with Crippen LogP contribution >= 0.6 is 22.6 Å². The zero-order chi connectivity index (χ0) is 22.3. The highest BCUT2D eigenvalue weighted by atomic mass is 127. The molecule has 1 unspecified atom stereocenters. The van der Waals surface area contributed by atoms with Crippen LogP contribution < -0.4 is 10.1 Å². The van der Waals surface area contributed by atoms with Crippen molar-refractivity contribution in [2.45, 2.75) is 52.2 Å². The van der Waals surface area contributed by atoms with E-state index in [0.29, 0.717) is 12.2 Å². The van der Waals surface area contributed by atoms with Crippen LogP contribution in [0, 0.1) is 9.39 Å². The smallest absolute Gasteiger partial charge is 0.261 e. The maximum atomic E-state index is 13.3. The summed E-state index contributed by atoms with van der Waals surface area (Å²) in [6.45, 7) is 7.53. The number of amides is 2. The number of halogens is 2. The van der Waals surface area contributed by atoms with Crippen LogP contribution in [-0.4, -0.2) is 34.9 Å². The Morgan fingerprint density at radius 1 is 1.10 bits per heavy atom. The molecule has 0 aromatic heterocycles. The van der Waals surface area contributed by atoms with E-state index < -0.39 is 11.6 Å². The molecule has 0 bridgehead atoms.